The van der Waals surface area contributed by atoms with Crippen LogP contribution in [0, 0.1) is 23.4 Å². The number of nitrogens with zero attached hydrogens (tertiary/aromatic N) is 2. The Bertz CT molecular complexity index is 1490. The smallest absolute Gasteiger partial charge is 0.185 e. The largest absolute Gasteiger partial charge is 0.389 e. The molecule has 0 radical (unpaired) electrons. The summed E-state index contributed by atoms with van der Waals surface area (Å²) in [6, 6.07) is 4.24. The molecule has 8 nitrogen and oxygen atoms in total. The third-order valence-electron chi connectivity index (χ3n) is 6.69. The second-order valence-corrected chi connectivity index (χ2v) is 12.0. The van der Waals surface area contributed by atoms with Crippen molar-refractivity contribution in [3.8, 4) is 11.3 Å². The van der Waals surface area contributed by atoms with E-state index in [0.717, 1.165) is 18.4 Å². The first kappa shape index (κ1) is 28.8. The van der Waals surface area contributed by atoms with Crippen molar-refractivity contribution >= 4 is 15.6 Å². The van der Waals surface area contributed by atoms with Gasteiger partial charge >= 0.3 is 0 Å². The van der Waals surface area contributed by atoms with Gasteiger partial charge in [0.05, 0.1) is 28.8 Å². The highest BCUT2D eigenvalue weighted by atomic mass is 32.2. The van der Waals surface area contributed by atoms with Gasteiger partial charge in [-0.1, -0.05) is 13.8 Å². The average Bonchev–Trinajstić information content (AvgIpc) is 2.85. The van der Waals surface area contributed by atoms with E-state index in [1.165, 1.54) is 12.4 Å². The van der Waals surface area contributed by atoms with E-state index in [2.05, 4.69) is 9.97 Å². The van der Waals surface area contributed by atoms with Gasteiger partial charge in [-0.15, -0.1) is 0 Å². The van der Waals surface area contributed by atoms with Crippen LogP contribution in [0.15, 0.2) is 47.6 Å². The van der Waals surface area contributed by atoms with Gasteiger partial charge in [-0.2, -0.15) is 0 Å². The SMILES string of the molecule is CC(C)[C@H]1O[C@@H](c2ccncc2CC(=O)c2ccc(F)c(-c3c(F)cc(S(C)(=O)=O)cc3F)n2)C[C@@H](N)[C@@H]1O. The molecule has 1 aromatic carbocycles. The van der Waals surface area contributed by atoms with E-state index < -0.39 is 73.6 Å². The first-order chi connectivity index (χ1) is 18.3. The van der Waals surface area contributed by atoms with Gasteiger partial charge < -0.3 is 15.6 Å². The van der Waals surface area contributed by atoms with Crippen molar-refractivity contribution in [2.75, 3.05) is 6.26 Å². The Kier molecular flexibility index (Phi) is 8.22. The molecule has 0 aliphatic carbocycles. The molecule has 1 aliphatic heterocycles. The fourth-order valence-electron chi connectivity index (χ4n) is 4.63. The number of nitrogens with two attached hydrogens (primary N) is 1. The number of carbonyl (C=O) groups is 1. The normalized spacial score (nSPS) is 21.8. The number of rotatable bonds is 7. The lowest BCUT2D eigenvalue weighted by atomic mass is 9.86. The molecule has 1 saturated heterocycles. The zero-order valence-electron chi connectivity index (χ0n) is 21.4. The Morgan fingerprint density at radius 1 is 1.15 bits per heavy atom. The minimum Gasteiger partial charge on any atom is -0.389 e. The number of aliphatic hydroxyl groups excluding tert-OH is 1. The molecule has 208 valence electrons. The predicted octanol–water partition coefficient (Wildman–Crippen LogP) is 3.56. The molecule has 3 N–H and O–H groups in total. The van der Waals surface area contributed by atoms with Crippen LogP contribution >= 0.6 is 0 Å². The molecule has 1 fully saturated rings. The number of aliphatic hydroxyl groups is 1. The Balaban J connectivity index is 1.65. The first-order valence-corrected chi connectivity index (χ1v) is 14.1. The standard InChI is InChI=1S/C27H28F3N3O5S/c1-13(2)27-26(35)20(31)11-23(38-27)16-6-7-32-12-14(16)8-22(34)21-5-4-17(28)25(33-21)24-18(29)9-15(10-19(24)30)39(3,36)37/h4-7,9-10,12-13,20,23,26-27,35H,8,11,31H2,1-3H3/t20-,23-,26+,27-/m1/s1. The van der Waals surface area contributed by atoms with Crippen molar-refractivity contribution in [1.82, 2.24) is 9.97 Å². The summed E-state index contributed by atoms with van der Waals surface area (Å²) in [4.78, 5) is 20.6. The Labute approximate surface area is 224 Å². The summed E-state index contributed by atoms with van der Waals surface area (Å²) in [6.45, 7) is 3.80. The fourth-order valence-corrected chi connectivity index (χ4v) is 5.27. The molecule has 0 spiro atoms. The van der Waals surface area contributed by atoms with Crippen LogP contribution in [0.4, 0.5) is 13.2 Å². The second-order valence-electron chi connectivity index (χ2n) is 9.96. The van der Waals surface area contributed by atoms with E-state index in [1.54, 1.807) is 6.07 Å². The molecular weight excluding hydrogens is 535 g/mol. The van der Waals surface area contributed by atoms with Crippen LogP contribution in [0.2, 0.25) is 0 Å². The maximum absolute atomic E-state index is 14.7. The van der Waals surface area contributed by atoms with E-state index in [-0.39, 0.29) is 18.0 Å². The molecule has 0 amide bonds. The van der Waals surface area contributed by atoms with Crippen molar-refractivity contribution in [2.45, 2.75) is 55.9 Å². The summed E-state index contributed by atoms with van der Waals surface area (Å²) in [5.74, 6) is -4.38. The van der Waals surface area contributed by atoms with E-state index in [1.807, 2.05) is 13.8 Å². The number of benzene rings is 1. The van der Waals surface area contributed by atoms with Crippen molar-refractivity contribution in [3.63, 3.8) is 0 Å². The predicted molar refractivity (Wildman–Crippen MR) is 136 cm³/mol. The number of pyridine rings is 2. The summed E-state index contributed by atoms with van der Waals surface area (Å²) < 4.78 is 73.7. The number of halogens is 3. The third-order valence-corrected chi connectivity index (χ3v) is 7.78. The molecule has 4 rings (SSSR count). The van der Waals surface area contributed by atoms with Crippen LogP contribution in [-0.2, 0) is 21.0 Å². The highest BCUT2D eigenvalue weighted by Crippen LogP contribution is 2.35. The van der Waals surface area contributed by atoms with Crippen LogP contribution in [-0.4, -0.2) is 53.8 Å². The summed E-state index contributed by atoms with van der Waals surface area (Å²) >= 11 is 0. The monoisotopic (exact) mass is 563 g/mol. The Morgan fingerprint density at radius 2 is 1.82 bits per heavy atom. The fraction of sp³-hybridized carbons (Fsp3) is 0.370. The molecule has 0 saturated carbocycles. The first-order valence-electron chi connectivity index (χ1n) is 12.2. The van der Waals surface area contributed by atoms with Gasteiger partial charge in [0.15, 0.2) is 15.6 Å². The van der Waals surface area contributed by atoms with Crippen LogP contribution < -0.4 is 5.73 Å². The molecule has 39 heavy (non-hydrogen) atoms. The lowest BCUT2D eigenvalue weighted by Gasteiger charge is -2.40. The molecule has 2 aromatic heterocycles. The molecule has 3 aromatic rings. The molecule has 0 bridgehead atoms. The van der Waals surface area contributed by atoms with Gasteiger partial charge in [-0.05, 0) is 53.8 Å². The van der Waals surface area contributed by atoms with Crippen molar-refractivity contribution < 1.29 is 36.2 Å². The Morgan fingerprint density at radius 3 is 2.44 bits per heavy atom. The number of hydrogen-bond donors (Lipinski definition) is 2. The van der Waals surface area contributed by atoms with E-state index in [9.17, 15) is 31.5 Å². The summed E-state index contributed by atoms with van der Waals surface area (Å²) in [5, 5.41) is 10.4. The number of aromatic nitrogens is 2. The summed E-state index contributed by atoms with van der Waals surface area (Å²) in [7, 11) is -3.93. The van der Waals surface area contributed by atoms with E-state index in [4.69, 9.17) is 10.5 Å². The van der Waals surface area contributed by atoms with Gasteiger partial charge in [0.1, 0.15) is 28.8 Å². The zero-order valence-corrected chi connectivity index (χ0v) is 22.3. The van der Waals surface area contributed by atoms with Crippen LogP contribution in [0.25, 0.3) is 11.3 Å². The summed E-state index contributed by atoms with van der Waals surface area (Å²) in [6.07, 6.45) is 1.98. The molecular formula is C27H28F3N3O5S. The quantitative estimate of drug-likeness (QED) is 0.417. The minimum absolute atomic E-state index is 0.0186. The molecule has 1 aliphatic rings. The second kappa shape index (κ2) is 11.1. The highest BCUT2D eigenvalue weighted by molar-refractivity contribution is 7.90. The number of ether oxygens (including phenoxy) is 1. The maximum atomic E-state index is 14.7. The van der Waals surface area contributed by atoms with Gasteiger partial charge in [0.2, 0.25) is 0 Å². The minimum atomic E-state index is -3.93. The molecule has 3 heterocycles. The number of sulfone groups is 1. The average molecular weight is 564 g/mol. The molecule has 12 heteroatoms. The van der Waals surface area contributed by atoms with E-state index >= 15 is 0 Å². The van der Waals surface area contributed by atoms with Gasteiger partial charge in [-0.3, -0.25) is 9.78 Å². The number of Topliss-reactive ketones (excluding diaryl/α,β-unsaturated/α-hetero) is 1. The summed E-state index contributed by atoms with van der Waals surface area (Å²) in [5.41, 5.74) is 5.38. The van der Waals surface area contributed by atoms with Crippen LogP contribution in [0.3, 0.4) is 0 Å². The van der Waals surface area contributed by atoms with Crippen LogP contribution in [0.1, 0.15) is 48.0 Å². The topological polar surface area (TPSA) is 132 Å². The van der Waals surface area contributed by atoms with Gasteiger partial charge in [0, 0.05) is 31.1 Å². The number of ketones is 1. The van der Waals surface area contributed by atoms with Crippen molar-refractivity contribution in [1.29, 1.82) is 0 Å². The van der Waals surface area contributed by atoms with Crippen LogP contribution in [0.5, 0.6) is 0 Å². The van der Waals surface area contributed by atoms with Crippen molar-refractivity contribution in [3.05, 3.63) is 77.0 Å². The lowest BCUT2D eigenvalue weighted by Crippen LogP contribution is -2.52. The molecule has 0 unspecified atom stereocenters. The Hall–Kier alpha value is -3.19. The highest BCUT2D eigenvalue weighted by Gasteiger charge is 2.38. The van der Waals surface area contributed by atoms with Crippen molar-refractivity contribution in [2.24, 2.45) is 11.7 Å². The maximum Gasteiger partial charge on any atom is 0.185 e. The third kappa shape index (κ3) is 6.03. The lowest BCUT2D eigenvalue weighted by molar-refractivity contribution is -0.145. The molecule has 4 atom stereocenters. The van der Waals surface area contributed by atoms with Gasteiger partial charge in [0.25, 0.3) is 0 Å². The zero-order chi connectivity index (χ0) is 28.6. The number of hydrogen-bond acceptors (Lipinski definition) is 8. The number of carbonyl (C=O) groups excluding carboxylic acids is 1. The van der Waals surface area contributed by atoms with Gasteiger partial charge in [-0.25, -0.2) is 26.6 Å². The van der Waals surface area contributed by atoms with E-state index in [0.29, 0.717) is 29.7 Å².